The van der Waals surface area contributed by atoms with E-state index in [-0.39, 0.29) is 11.9 Å². The summed E-state index contributed by atoms with van der Waals surface area (Å²) < 4.78 is 0. The highest BCUT2D eigenvalue weighted by Gasteiger charge is 2.28. The number of carbonyl (C=O) groups is 1. The molecular formula is C16H29N3OS. The maximum atomic E-state index is 12.1. The van der Waals surface area contributed by atoms with Crippen molar-refractivity contribution in [1.29, 1.82) is 0 Å². The number of likely N-dealkylation sites (tertiary alicyclic amines) is 1. The molecule has 0 aromatic heterocycles. The van der Waals surface area contributed by atoms with Crippen molar-refractivity contribution in [3.63, 3.8) is 0 Å². The van der Waals surface area contributed by atoms with Gasteiger partial charge >= 0.3 is 0 Å². The average Bonchev–Trinajstić information content (AvgIpc) is 3.08. The van der Waals surface area contributed by atoms with Crippen LogP contribution in [-0.4, -0.2) is 60.6 Å². The Balaban J connectivity index is 1.41. The zero-order valence-electron chi connectivity index (χ0n) is 13.0. The fourth-order valence-electron chi connectivity index (χ4n) is 3.92. The Morgan fingerprint density at radius 1 is 1.19 bits per heavy atom. The molecule has 3 fully saturated rings. The SMILES string of the molecule is O=C(NCC1CCCN(C2CCSCC2)C1)C1CCCN1. The van der Waals surface area contributed by atoms with Crippen molar-refractivity contribution >= 4 is 17.7 Å². The summed E-state index contributed by atoms with van der Waals surface area (Å²) in [5, 5.41) is 6.47. The summed E-state index contributed by atoms with van der Waals surface area (Å²) in [5.41, 5.74) is 0. The van der Waals surface area contributed by atoms with Crippen molar-refractivity contribution in [2.24, 2.45) is 5.92 Å². The summed E-state index contributed by atoms with van der Waals surface area (Å²) in [7, 11) is 0. The fraction of sp³-hybridized carbons (Fsp3) is 0.938. The van der Waals surface area contributed by atoms with Gasteiger partial charge in [-0.25, -0.2) is 0 Å². The van der Waals surface area contributed by atoms with Gasteiger partial charge < -0.3 is 10.6 Å². The standard InChI is InChI=1S/C16H29N3OS/c20-16(15-4-1-7-17-15)18-11-13-3-2-8-19(12-13)14-5-9-21-10-6-14/h13-15,17H,1-12H2,(H,18,20). The van der Waals surface area contributed by atoms with Gasteiger partial charge in [-0.2, -0.15) is 11.8 Å². The molecule has 2 atom stereocenters. The second-order valence-corrected chi connectivity index (χ2v) is 7.97. The molecule has 3 aliphatic rings. The van der Waals surface area contributed by atoms with E-state index in [1.165, 1.54) is 50.3 Å². The maximum absolute atomic E-state index is 12.1. The lowest BCUT2D eigenvalue weighted by molar-refractivity contribution is -0.123. The van der Waals surface area contributed by atoms with Crippen LogP contribution >= 0.6 is 11.8 Å². The summed E-state index contributed by atoms with van der Waals surface area (Å²) in [6, 6.07) is 0.876. The van der Waals surface area contributed by atoms with Crippen LogP contribution in [-0.2, 0) is 4.79 Å². The topological polar surface area (TPSA) is 44.4 Å². The third-order valence-corrected chi connectivity index (χ3v) is 6.25. The van der Waals surface area contributed by atoms with E-state index in [9.17, 15) is 4.79 Å². The molecule has 3 heterocycles. The monoisotopic (exact) mass is 311 g/mol. The average molecular weight is 311 g/mol. The van der Waals surface area contributed by atoms with Gasteiger partial charge in [0.1, 0.15) is 0 Å². The molecule has 2 N–H and O–H groups in total. The molecule has 4 nitrogen and oxygen atoms in total. The third-order valence-electron chi connectivity index (χ3n) is 5.20. The first kappa shape index (κ1) is 15.6. The van der Waals surface area contributed by atoms with Gasteiger partial charge in [-0.05, 0) is 69.0 Å². The number of hydrogen-bond donors (Lipinski definition) is 2. The van der Waals surface area contributed by atoms with E-state index in [4.69, 9.17) is 0 Å². The normalized spacial score (nSPS) is 32.2. The highest BCUT2D eigenvalue weighted by molar-refractivity contribution is 7.99. The Kier molecular flexibility index (Phi) is 5.83. The molecule has 120 valence electrons. The van der Waals surface area contributed by atoms with E-state index in [0.717, 1.165) is 32.0 Å². The lowest BCUT2D eigenvalue weighted by Crippen LogP contribution is -2.48. The molecule has 0 aliphatic carbocycles. The Labute approximate surface area is 132 Å². The summed E-state index contributed by atoms with van der Waals surface area (Å²) in [6.07, 6.45) is 7.42. The van der Waals surface area contributed by atoms with Crippen molar-refractivity contribution < 1.29 is 4.79 Å². The molecule has 0 aromatic carbocycles. The number of hydrogen-bond acceptors (Lipinski definition) is 4. The highest BCUT2D eigenvalue weighted by Crippen LogP contribution is 2.26. The van der Waals surface area contributed by atoms with Gasteiger partial charge in [0.05, 0.1) is 6.04 Å². The van der Waals surface area contributed by atoms with Crippen molar-refractivity contribution in [3.8, 4) is 0 Å². The van der Waals surface area contributed by atoms with Crippen LogP contribution < -0.4 is 10.6 Å². The summed E-state index contributed by atoms with van der Waals surface area (Å²) in [6.45, 7) is 4.32. The second kappa shape index (κ2) is 7.84. The van der Waals surface area contributed by atoms with Crippen LogP contribution in [0.4, 0.5) is 0 Å². The molecule has 3 saturated heterocycles. The van der Waals surface area contributed by atoms with E-state index >= 15 is 0 Å². The lowest BCUT2D eigenvalue weighted by atomic mass is 9.95. The van der Waals surface area contributed by atoms with Gasteiger partial charge in [0.15, 0.2) is 0 Å². The predicted octanol–water partition coefficient (Wildman–Crippen LogP) is 1.46. The molecule has 0 radical (unpaired) electrons. The second-order valence-electron chi connectivity index (χ2n) is 6.74. The molecule has 5 heteroatoms. The number of amides is 1. The van der Waals surface area contributed by atoms with E-state index in [1.807, 2.05) is 0 Å². The minimum Gasteiger partial charge on any atom is -0.354 e. The number of piperidine rings is 1. The van der Waals surface area contributed by atoms with Crippen LogP contribution in [0.5, 0.6) is 0 Å². The molecule has 2 unspecified atom stereocenters. The van der Waals surface area contributed by atoms with Crippen LogP contribution in [0, 0.1) is 5.92 Å². The minimum absolute atomic E-state index is 0.0695. The lowest BCUT2D eigenvalue weighted by Gasteiger charge is -2.40. The van der Waals surface area contributed by atoms with Crippen molar-refractivity contribution in [2.75, 3.05) is 37.7 Å². The first-order chi connectivity index (χ1) is 10.3. The molecule has 0 aromatic rings. The quantitative estimate of drug-likeness (QED) is 0.825. The van der Waals surface area contributed by atoms with Gasteiger partial charge in [0, 0.05) is 19.1 Å². The van der Waals surface area contributed by atoms with Crippen LogP contribution in [0.25, 0.3) is 0 Å². The number of carbonyl (C=O) groups excluding carboxylic acids is 1. The third kappa shape index (κ3) is 4.36. The molecule has 0 bridgehead atoms. The summed E-state index contributed by atoms with van der Waals surface area (Å²) in [4.78, 5) is 14.8. The van der Waals surface area contributed by atoms with Gasteiger partial charge in [-0.1, -0.05) is 0 Å². The Morgan fingerprint density at radius 3 is 2.81 bits per heavy atom. The zero-order chi connectivity index (χ0) is 14.5. The van der Waals surface area contributed by atoms with Gasteiger partial charge in [0.25, 0.3) is 0 Å². The fourth-order valence-corrected chi connectivity index (χ4v) is 5.00. The number of nitrogens with zero attached hydrogens (tertiary/aromatic N) is 1. The van der Waals surface area contributed by atoms with Gasteiger partial charge in [-0.3, -0.25) is 9.69 Å². The number of thioether (sulfide) groups is 1. The molecular weight excluding hydrogens is 282 g/mol. The largest absolute Gasteiger partial charge is 0.354 e. The van der Waals surface area contributed by atoms with E-state index in [2.05, 4.69) is 27.3 Å². The highest BCUT2D eigenvalue weighted by atomic mass is 32.2. The first-order valence-corrected chi connectivity index (χ1v) is 9.81. The van der Waals surface area contributed by atoms with Crippen molar-refractivity contribution in [2.45, 2.75) is 50.6 Å². The van der Waals surface area contributed by atoms with E-state index < -0.39 is 0 Å². The van der Waals surface area contributed by atoms with Crippen LogP contribution in [0.3, 0.4) is 0 Å². The van der Waals surface area contributed by atoms with Crippen LogP contribution in [0.2, 0.25) is 0 Å². The smallest absolute Gasteiger partial charge is 0.237 e. The minimum atomic E-state index is 0.0695. The summed E-state index contributed by atoms with van der Waals surface area (Å²) >= 11 is 2.10. The maximum Gasteiger partial charge on any atom is 0.237 e. The molecule has 21 heavy (non-hydrogen) atoms. The molecule has 0 saturated carbocycles. The van der Waals surface area contributed by atoms with Gasteiger partial charge in [-0.15, -0.1) is 0 Å². The Hall–Kier alpha value is -0.260. The molecule has 0 spiro atoms. The Morgan fingerprint density at radius 2 is 2.05 bits per heavy atom. The number of rotatable bonds is 4. The molecule has 3 aliphatic heterocycles. The zero-order valence-corrected chi connectivity index (χ0v) is 13.8. The summed E-state index contributed by atoms with van der Waals surface area (Å²) in [5.74, 6) is 3.53. The Bertz CT molecular complexity index is 340. The van der Waals surface area contributed by atoms with Crippen LogP contribution in [0.1, 0.15) is 38.5 Å². The van der Waals surface area contributed by atoms with Crippen LogP contribution in [0.15, 0.2) is 0 Å². The van der Waals surface area contributed by atoms with Gasteiger partial charge in [0.2, 0.25) is 5.91 Å². The van der Waals surface area contributed by atoms with Crippen molar-refractivity contribution in [1.82, 2.24) is 15.5 Å². The predicted molar refractivity (Wildman–Crippen MR) is 88.7 cm³/mol. The first-order valence-electron chi connectivity index (χ1n) is 8.66. The van der Waals surface area contributed by atoms with E-state index in [0.29, 0.717) is 5.92 Å². The van der Waals surface area contributed by atoms with E-state index in [1.54, 1.807) is 0 Å². The van der Waals surface area contributed by atoms with Crippen molar-refractivity contribution in [3.05, 3.63) is 0 Å². The number of nitrogens with one attached hydrogen (secondary N) is 2. The molecule has 1 amide bonds. The molecule has 3 rings (SSSR count).